The average molecular weight is 223 g/mol. The van der Waals surface area contributed by atoms with Gasteiger partial charge >= 0.3 is 0 Å². The van der Waals surface area contributed by atoms with Crippen LogP contribution in [0.3, 0.4) is 0 Å². The van der Waals surface area contributed by atoms with E-state index in [0.717, 1.165) is 24.5 Å². The fourth-order valence-electron chi connectivity index (χ4n) is 1.76. The fraction of sp³-hybridized carbons (Fsp3) is 0.500. The van der Waals surface area contributed by atoms with Gasteiger partial charge in [0, 0.05) is 20.2 Å². The lowest BCUT2D eigenvalue weighted by atomic mass is 10.3. The van der Waals surface area contributed by atoms with E-state index < -0.39 is 0 Å². The second-order valence-corrected chi connectivity index (χ2v) is 4.60. The van der Waals surface area contributed by atoms with Crippen molar-refractivity contribution < 1.29 is 4.74 Å². The van der Waals surface area contributed by atoms with E-state index in [1.165, 1.54) is 11.3 Å². The fourth-order valence-corrected chi connectivity index (χ4v) is 2.67. The first kappa shape index (κ1) is 10.3. The van der Waals surface area contributed by atoms with Crippen LogP contribution < -0.4 is 10.6 Å². The van der Waals surface area contributed by atoms with E-state index in [4.69, 9.17) is 15.7 Å². The lowest BCUT2D eigenvalue weighted by molar-refractivity contribution is 0.121. The third-order valence-electron chi connectivity index (χ3n) is 2.64. The van der Waals surface area contributed by atoms with Crippen molar-refractivity contribution in [3.63, 3.8) is 0 Å². The van der Waals surface area contributed by atoms with Crippen molar-refractivity contribution in [1.29, 1.82) is 5.26 Å². The zero-order valence-electron chi connectivity index (χ0n) is 8.56. The first-order valence-electron chi connectivity index (χ1n) is 4.81. The first-order chi connectivity index (χ1) is 7.24. The Morgan fingerprint density at radius 1 is 1.73 bits per heavy atom. The topological polar surface area (TPSA) is 62.3 Å². The summed E-state index contributed by atoms with van der Waals surface area (Å²) in [5, 5.41) is 9.88. The van der Waals surface area contributed by atoms with E-state index in [-0.39, 0.29) is 0 Å². The van der Waals surface area contributed by atoms with Gasteiger partial charge < -0.3 is 15.4 Å². The molecule has 1 aromatic heterocycles. The van der Waals surface area contributed by atoms with Crippen LogP contribution in [0.1, 0.15) is 11.3 Å². The molecule has 1 saturated heterocycles. The number of rotatable bonds is 2. The van der Waals surface area contributed by atoms with E-state index in [2.05, 4.69) is 11.0 Å². The number of thiophene rings is 1. The number of hydrogen-bond acceptors (Lipinski definition) is 5. The second-order valence-electron chi connectivity index (χ2n) is 3.57. The van der Waals surface area contributed by atoms with Crippen molar-refractivity contribution in [3.05, 3.63) is 10.9 Å². The number of nitrogen functional groups attached to an aromatic ring is 1. The number of hydrogen-bond donors (Lipinski definition) is 1. The summed E-state index contributed by atoms with van der Waals surface area (Å²) >= 11 is 1.45. The van der Waals surface area contributed by atoms with Crippen molar-refractivity contribution in [2.45, 2.75) is 12.5 Å². The summed E-state index contributed by atoms with van der Waals surface area (Å²) in [4.78, 5) is 2.82. The maximum absolute atomic E-state index is 8.81. The van der Waals surface area contributed by atoms with Crippen LogP contribution in [0.5, 0.6) is 0 Å². The zero-order valence-corrected chi connectivity index (χ0v) is 9.38. The van der Waals surface area contributed by atoms with Gasteiger partial charge in [0.25, 0.3) is 0 Å². The van der Waals surface area contributed by atoms with E-state index in [1.807, 2.05) is 6.07 Å². The molecule has 0 spiro atoms. The van der Waals surface area contributed by atoms with Gasteiger partial charge in [0.05, 0.1) is 16.8 Å². The number of nitrogens with zero attached hydrogens (tertiary/aromatic N) is 2. The van der Waals surface area contributed by atoms with Gasteiger partial charge in [0.1, 0.15) is 10.9 Å². The molecular weight excluding hydrogens is 210 g/mol. The number of nitrogens with two attached hydrogens (primary N) is 1. The van der Waals surface area contributed by atoms with Crippen molar-refractivity contribution in [3.8, 4) is 6.07 Å². The quantitative estimate of drug-likeness (QED) is 0.823. The predicted octanol–water partition coefficient (Wildman–Crippen LogP) is 1.43. The highest BCUT2D eigenvalue weighted by atomic mass is 32.1. The van der Waals surface area contributed by atoms with Crippen LogP contribution in [-0.4, -0.2) is 26.3 Å². The molecule has 1 aromatic rings. The van der Waals surface area contributed by atoms with E-state index in [9.17, 15) is 0 Å². The number of methoxy groups -OCH3 is 1. The number of anilines is 2. The Kier molecular flexibility index (Phi) is 2.80. The molecule has 15 heavy (non-hydrogen) atoms. The molecule has 1 unspecified atom stereocenters. The summed E-state index contributed by atoms with van der Waals surface area (Å²) < 4.78 is 5.29. The van der Waals surface area contributed by atoms with Crippen LogP contribution in [0.15, 0.2) is 6.07 Å². The number of ether oxygens (including phenoxy) is 1. The van der Waals surface area contributed by atoms with Gasteiger partial charge in [-0.1, -0.05) is 0 Å². The summed E-state index contributed by atoms with van der Waals surface area (Å²) in [5.41, 5.74) is 6.30. The Morgan fingerprint density at radius 2 is 2.53 bits per heavy atom. The maximum Gasteiger partial charge on any atom is 0.129 e. The Labute approximate surface area is 92.9 Å². The van der Waals surface area contributed by atoms with Gasteiger partial charge in [0.2, 0.25) is 0 Å². The highest BCUT2D eigenvalue weighted by molar-refractivity contribution is 7.17. The molecule has 2 heterocycles. The van der Waals surface area contributed by atoms with Crippen molar-refractivity contribution in [2.24, 2.45) is 0 Å². The minimum absolute atomic E-state index is 0.305. The van der Waals surface area contributed by atoms with Crippen molar-refractivity contribution >= 4 is 22.0 Å². The van der Waals surface area contributed by atoms with Crippen LogP contribution in [-0.2, 0) is 4.74 Å². The largest absolute Gasteiger partial charge is 0.397 e. The summed E-state index contributed by atoms with van der Waals surface area (Å²) in [6, 6.07) is 3.98. The molecular formula is C10H13N3OS. The van der Waals surface area contributed by atoms with Gasteiger partial charge in [-0.3, -0.25) is 0 Å². The molecule has 1 fully saturated rings. The molecule has 0 aromatic carbocycles. The second kappa shape index (κ2) is 4.09. The summed E-state index contributed by atoms with van der Waals surface area (Å²) in [6.07, 6.45) is 1.34. The lowest BCUT2D eigenvalue weighted by Crippen LogP contribution is -2.21. The van der Waals surface area contributed by atoms with Crippen molar-refractivity contribution in [2.75, 3.05) is 30.8 Å². The summed E-state index contributed by atoms with van der Waals surface area (Å²) in [6.45, 7) is 1.87. The smallest absolute Gasteiger partial charge is 0.129 e. The standard InChI is InChI=1S/C10H13N3OS/c1-14-7-2-3-13(6-7)10-4-8(12)9(5-11)15-10/h4,7H,2-3,6,12H2,1H3. The maximum atomic E-state index is 8.81. The molecule has 1 atom stereocenters. The molecule has 0 saturated carbocycles. The summed E-state index contributed by atoms with van der Waals surface area (Å²) in [5.74, 6) is 0. The van der Waals surface area contributed by atoms with Gasteiger partial charge in [-0.25, -0.2) is 0 Å². The SMILES string of the molecule is COC1CCN(c2cc(N)c(C#N)s2)C1. The Balaban J connectivity index is 2.14. The molecule has 0 amide bonds. The molecule has 1 aliphatic heterocycles. The minimum Gasteiger partial charge on any atom is -0.397 e. The van der Waals surface area contributed by atoms with Crippen LogP contribution in [0, 0.1) is 11.3 Å². The minimum atomic E-state index is 0.305. The lowest BCUT2D eigenvalue weighted by Gasteiger charge is -2.15. The zero-order chi connectivity index (χ0) is 10.8. The predicted molar refractivity (Wildman–Crippen MR) is 61.1 cm³/mol. The Bertz CT molecular complexity index is 396. The van der Waals surface area contributed by atoms with Crippen LogP contribution in [0.2, 0.25) is 0 Å². The van der Waals surface area contributed by atoms with Gasteiger partial charge in [-0.2, -0.15) is 5.26 Å². The average Bonchev–Trinajstić information content (AvgIpc) is 2.83. The van der Waals surface area contributed by atoms with Crippen LogP contribution >= 0.6 is 11.3 Å². The molecule has 2 N–H and O–H groups in total. The molecule has 0 radical (unpaired) electrons. The van der Waals surface area contributed by atoms with Gasteiger partial charge in [0.15, 0.2) is 0 Å². The van der Waals surface area contributed by atoms with Gasteiger partial charge in [-0.05, 0) is 12.5 Å². The highest BCUT2D eigenvalue weighted by Crippen LogP contribution is 2.33. The normalized spacial score (nSPS) is 20.5. The van der Waals surface area contributed by atoms with E-state index >= 15 is 0 Å². The molecule has 0 aliphatic carbocycles. The molecule has 5 heteroatoms. The van der Waals surface area contributed by atoms with Crippen LogP contribution in [0.4, 0.5) is 10.7 Å². The van der Waals surface area contributed by atoms with Crippen molar-refractivity contribution in [1.82, 2.24) is 0 Å². The van der Waals surface area contributed by atoms with E-state index in [0.29, 0.717) is 16.7 Å². The summed E-state index contributed by atoms with van der Waals surface area (Å²) in [7, 11) is 1.73. The molecule has 4 nitrogen and oxygen atoms in total. The molecule has 2 rings (SSSR count). The highest BCUT2D eigenvalue weighted by Gasteiger charge is 2.24. The van der Waals surface area contributed by atoms with Crippen LogP contribution in [0.25, 0.3) is 0 Å². The molecule has 1 aliphatic rings. The van der Waals surface area contributed by atoms with Gasteiger partial charge in [-0.15, -0.1) is 11.3 Å². The van der Waals surface area contributed by atoms with E-state index in [1.54, 1.807) is 7.11 Å². The Morgan fingerprint density at radius 3 is 3.07 bits per heavy atom. The first-order valence-corrected chi connectivity index (χ1v) is 5.63. The molecule has 0 bridgehead atoms. The monoisotopic (exact) mass is 223 g/mol. The third kappa shape index (κ3) is 1.91. The third-order valence-corrected chi connectivity index (χ3v) is 3.76. The Hall–Kier alpha value is -1.25. The number of nitriles is 1. The molecule has 80 valence electrons.